The number of amides is 2. The van der Waals surface area contributed by atoms with Gasteiger partial charge in [-0.15, -0.1) is 0 Å². The molecule has 14 heteroatoms. The van der Waals surface area contributed by atoms with Crippen molar-refractivity contribution < 1.29 is 47.4 Å². The zero-order valence-electron chi connectivity index (χ0n) is 18.2. The van der Waals surface area contributed by atoms with Gasteiger partial charge in [-0.25, -0.2) is 9.18 Å². The van der Waals surface area contributed by atoms with E-state index in [-0.39, 0.29) is 12.8 Å². The molecule has 3 atom stereocenters. The lowest BCUT2D eigenvalue weighted by Gasteiger charge is -2.32. The predicted molar refractivity (Wildman–Crippen MR) is 110 cm³/mol. The summed E-state index contributed by atoms with van der Waals surface area (Å²) in [5.41, 5.74) is 1.97. The van der Waals surface area contributed by atoms with Crippen molar-refractivity contribution in [3.63, 3.8) is 0 Å². The SMILES string of the molecule is C=C(F)C(C(N)=O)C(=S)N[C@H]1CON(C2(C(=O)OCOC(=O)C(C)(C)C)CCC(=O)O2)C1=O. The van der Waals surface area contributed by atoms with E-state index < -0.39 is 77.0 Å². The van der Waals surface area contributed by atoms with E-state index in [2.05, 4.69) is 11.9 Å². The van der Waals surface area contributed by atoms with Crippen molar-refractivity contribution in [3.05, 3.63) is 12.4 Å². The van der Waals surface area contributed by atoms with E-state index >= 15 is 0 Å². The van der Waals surface area contributed by atoms with Crippen molar-refractivity contribution in [1.29, 1.82) is 0 Å². The minimum atomic E-state index is -2.27. The van der Waals surface area contributed by atoms with Crippen LogP contribution in [0.2, 0.25) is 0 Å². The molecule has 0 aromatic carbocycles. The first kappa shape index (κ1) is 26.1. The Balaban J connectivity index is 2.13. The van der Waals surface area contributed by atoms with Crippen LogP contribution in [0.5, 0.6) is 0 Å². The molecule has 2 unspecified atom stereocenters. The largest absolute Gasteiger partial charge is 0.427 e. The molecular formula is C19H24FN3O9S. The summed E-state index contributed by atoms with van der Waals surface area (Å²) in [7, 11) is 0. The van der Waals surface area contributed by atoms with E-state index in [0.717, 1.165) is 0 Å². The Bertz CT molecular complexity index is 889. The highest BCUT2D eigenvalue weighted by Crippen LogP contribution is 2.35. The minimum Gasteiger partial charge on any atom is -0.427 e. The number of primary amides is 1. The van der Waals surface area contributed by atoms with Crippen LogP contribution < -0.4 is 11.1 Å². The number of cyclic esters (lactones) is 1. The van der Waals surface area contributed by atoms with Gasteiger partial charge in [0.15, 0.2) is 0 Å². The summed E-state index contributed by atoms with van der Waals surface area (Å²) in [6, 6.07) is -1.26. The number of hydrogen-bond acceptors (Lipinski definition) is 10. The van der Waals surface area contributed by atoms with Crippen LogP contribution in [0, 0.1) is 11.3 Å². The van der Waals surface area contributed by atoms with E-state index in [1.165, 1.54) is 0 Å². The summed E-state index contributed by atoms with van der Waals surface area (Å²) in [6.07, 6.45) is -0.530. The molecule has 182 valence electrons. The van der Waals surface area contributed by atoms with Crippen molar-refractivity contribution in [3.8, 4) is 0 Å². The van der Waals surface area contributed by atoms with Gasteiger partial charge in [-0.1, -0.05) is 18.8 Å². The Morgan fingerprint density at radius 3 is 2.48 bits per heavy atom. The third-order valence-corrected chi connectivity index (χ3v) is 4.99. The molecule has 2 rings (SSSR count). The maximum atomic E-state index is 13.5. The number of ether oxygens (including phenoxy) is 3. The first-order valence-electron chi connectivity index (χ1n) is 9.68. The van der Waals surface area contributed by atoms with Crippen LogP contribution in [0.15, 0.2) is 12.4 Å². The summed E-state index contributed by atoms with van der Waals surface area (Å²) < 4.78 is 28.4. The minimum absolute atomic E-state index is 0.230. The van der Waals surface area contributed by atoms with E-state index in [1.807, 2.05) is 0 Å². The molecule has 33 heavy (non-hydrogen) atoms. The number of thiocarbonyl (C=S) groups is 1. The molecule has 0 aromatic heterocycles. The Labute approximate surface area is 193 Å². The van der Waals surface area contributed by atoms with Gasteiger partial charge in [-0.05, 0) is 20.8 Å². The first-order chi connectivity index (χ1) is 15.2. The topological polar surface area (TPSA) is 164 Å². The molecule has 2 fully saturated rings. The van der Waals surface area contributed by atoms with Gasteiger partial charge in [-0.2, -0.15) is 5.06 Å². The average Bonchev–Trinajstić information content (AvgIpc) is 3.24. The Morgan fingerprint density at radius 2 is 2.00 bits per heavy atom. The van der Waals surface area contributed by atoms with Crippen LogP contribution in [0.25, 0.3) is 0 Å². The Kier molecular flexibility index (Phi) is 7.75. The second kappa shape index (κ2) is 9.79. The molecular weight excluding hydrogens is 465 g/mol. The molecule has 0 saturated carbocycles. The number of carbonyl (C=O) groups excluding carboxylic acids is 5. The van der Waals surface area contributed by atoms with Gasteiger partial charge < -0.3 is 25.3 Å². The molecule has 0 radical (unpaired) electrons. The van der Waals surface area contributed by atoms with E-state index in [0.29, 0.717) is 5.06 Å². The number of hydrogen-bond donors (Lipinski definition) is 2. The second-order valence-corrected chi connectivity index (χ2v) is 8.70. The van der Waals surface area contributed by atoms with Crippen molar-refractivity contribution >= 4 is 46.9 Å². The second-order valence-electron chi connectivity index (χ2n) is 8.26. The maximum Gasteiger partial charge on any atom is 0.377 e. The molecule has 0 aliphatic carbocycles. The lowest BCUT2D eigenvalue weighted by atomic mass is 9.98. The van der Waals surface area contributed by atoms with E-state index in [4.69, 9.17) is 37.0 Å². The van der Waals surface area contributed by atoms with Crippen molar-refractivity contribution in [2.24, 2.45) is 17.1 Å². The zero-order chi connectivity index (χ0) is 25.1. The molecule has 3 N–H and O–H groups in total. The third kappa shape index (κ3) is 5.63. The van der Waals surface area contributed by atoms with Crippen LogP contribution in [-0.4, -0.2) is 64.9 Å². The number of nitrogens with zero attached hydrogens (tertiary/aromatic N) is 1. The quantitative estimate of drug-likeness (QED) is 0.263. The number of esters is 3. The Hall–Kier alpha value is -3.13. The van der Waals surface area contributed by atoms with Gasteiger partial charge in [0.1, 0.15) is 24.4 Å². The van der Waals surface area contributed by atoms with E-state index in [1.54, 1.807) is 20.8 Å². The molecule has 2 aliphatic rings. The van der Waals surface area contributed by atoms with Crippen LogP contribution in [0.3, 0.4) is 0 Å². The smallest absolute Gasteiger partial charge is 0.377 e. The standard InChI is InChI=1S/C19H24FN3O9S/c1-9(20)12(13(21)25)14(33)22-10-7-31-23(15(10)26)19(6-5-11(24)32-19)17(28)30-8-29-16(27)18(2,3)4/h10,12H,1,5-8H2,2-4H3,(H2,21,25)(H,22,33)/t10-,12?,19?/m0/s1. The molecule has 0 aromatic rings. The molecule has 2 saturated heterocycles. The van der Waals surface area contributed by atoms with Gasteiger partial charge in [0.25, 0.3) is 5.91 Å². The van der Waals surface area contributed by atoms with Crippen LogP contribution >= 0.6 is 12.2 Å². The fourth-order valence-corrected chi connectivity index (χ4v) is 3.28. The number of nitrogens with two attached hydrogens (primary N) is 1. The average molecular weight is 489 g/mol. The van der Waals surface area contributed by atoms with Gasteiger partial charge in [0.05, 0.1) is 16.8 Å². The molecule has 2 amide bonds. The highest BCUT2D eigenvalue weighted by molar-refractivity contribution is 7.80. The van der Waals surface area contributed by atoms with Gasteiger partial charge in [0, 0.05) is 6.42 Å². The fourth-order valence-electron chi connectivity index (χ4n) is 2.89. The van der Waals surface area contributed by atoms with Crippen molar-refractivity contribution in [2.45, 2.75) is 45.4 Å². The third-order valence-electron chi connectivity index (χ3n) is 4.64. The van der Waals surface area contributed by atoms with Gasteiger partial charge >= 0.3 is 23.6 Å². The molecule has 0 spiro atoms. The van der Waals surface area contributed by atoms with E-state index in [9.17, 15) is 28.4 Å². The van der Waals surface area contributed by atoms with Crippen molar-refractivity contribution in [2.75, 3.05) is 13.4 Å². The predicted octanol–water partition coefficient (Wildman–Crippen LogP) is -0.246. The highest BCUT2D eigenvalue weighted by atomic mass is 32.1. The summed E-state index contributed by atoms with van der Waals surface area (Å²) >= 11 is 4.94. The Morgan fingerprint density at radius 1 is 1.36 bits per heavy atom. The number of nitrogens with one attached hydrogen (secondary N) is 1. The number of hydroxylamine groups is 2. The van der Waals surface area contributed by atoms with Crippen LogP contribution in [-0.2, 0) is 43.0 Å². The molecule has 0 bridgehead atoms. The molecule has 2 aliphatic heterocycles. The highest BCUT2D eigenvalue weighted by Gasteiger charge is 2.60. The lowest BCUT2D eigenvalue weighted by molar-refractivity contribution is -0.262. The molecule has 2 heterocycles. The van der Waals surface area contributed by atoms with Crippen LogP contribution in [0.1, 0.15) is 33.6 Å². The van der Waals surface area contributed by atoms with Gasteiger partial charge in [0.2, 0.25) is 12.7 Å². The number of halogens is 1. The van der Waals surface area contributed by atoms with Crippen LogP contribution in [0.4, 0.5) is 4.39 Å². The summed E-state index contributed by atoms with van der Waals surface area (Å²) in [4.78, 5) is 65.5. The summed E-state index contributed by atoms with van der Waals surface area (Å²) in [5.74, 6) is -7.51. The number of rotatable bonds is 8. The zero-order valence-corrected chi connectivity index (χ0v) is 19.0. The van der Waals surface area contributed by atoms with Gasteiger partial charge in [-0.3, -0.25) is 24.0 Å². The fraction of sp³-hybridized carbons (Fsp3) is 0.579. The normalized spacial score (nSPS) is 23.5. The van der Waals surface area contributed by atoms with Crippen molar-refractivity contribution in [1.82, 2.24) is 10.4 Å². The molecule has 12 nitrogen and oxygen atoms in total. The first-order valence-corrected chi connectivity index (χ1v) is 10.1. The maximum absolute atomic E-state index is 13.5. The summed E-state index contributed by atoms with van der Waals surface area (Å²) in [6.45, 7) is 6.56. The monoisotopic (exact) mass is 489 g/mol. The summed E-state index contributed by atoms with van der Waals surface area (Å²) in [5, 5.41) is 2.95. The lowest BCUT2D eigenvalue weighted by Crippen LogP contribution is -2.57. The number of carbonyl (C=O) groups is 5.